The molecule has 0 atom stereocenters. The lowest BCUT2D eigenvalue weighted by atomic mass is 10.1. The molecule has 4 rings (SSSR count). The number of para-hydroxylation sites is 1. The predicted molar refractivity (Wildman–Crippen MR) is 84.4 cm³/mol. The second-order valence-electron chi connectivity index (χ2n) is 5.00. The number of anilines is 1. The first kappa shape index (κ1) is 12.0. The van der Waals surface area contributed by atoms with Gasteiger partial charge in [0.15, 0.2) is 0 Å². The number of nitrogens with zero attached hydrogens (tertiary/aromatic N) is 2. The fourth-order valence-electron chi connectivity index (χ4n) is 2.67. The quantitative estimate of drug-likeness (QED) is 0.537. The van der Waals surface area contributed by atoms with E-state index >= 15 is 0 Å². The number of hydrogen-bond donors (Lipinski definition) is 3. The van der Waals surface area contributed by atoms with Gasteiger partial charge in [0.1, 0.15) is 17.8 Å². The molecule has 0 unspecified atom stereocenters. The molecule has 4 aromatic rings. The van der Waals surface area contributed by atoms with Crippen molar-refractivity contribution in [2.75, 3.05) is 11.9 Å². The van der Waals surface area contributed by atoms with E-state index in [2.05, 4.69) is 49.6 Å². The van der Waals surface area contributed by atoms with Gasteiger partial charge in [-0.15, -0.1) is 0 Å². The lowest BCUT2D eigenvalue weighted by molar-refractivity contribution is 1.01. The van der Waals surface area contributed by atoms with Crippen molar-refractivity contribution < 1.29 is 0 Å². The van der Waals surface area contributed by atoms with E-state index in [1.807, 2.05) is 18.3 Å². The van der Waals surface area contributed by atoms with Gasteiger partial charge in [0.05, 0.1) is 5.39 Å². The van der Waals surface area contributed by atoms with Crippen LogP contribution in [0.1, 0.15) is 5.56 Å². The number of hydrogen-bond acceptors (Lipinski definition) is 3. The molecule has 1 aromatic carbocycles. The summed E-state index contributed by atoms with van der Waals surface area (Å²) in [6, 6.07) is 10.4. The SMILES string of the molecule is c1ccc2c(CCNc3ncnc4[nH]ccc34)c[nH]c2c1. The Morgan fingerprint density at radius 2 is 1.95 bits per heavy atom. The van der Waals surface area contributed by atoms with E-state index in [1.54, 1.807) is 6.33 Å². The molecule has 3 heterocycles. The van der Waals surface area contributed by atoms with E-state index in [1.165, 1.54) is 16.5 Å². The van der Waals surface area contributed by atoms with Crippen LogP contribution in [-0.4, -0.2) is 26.5 Å². The lowest BCUT2D eigenvalue weighted by Gasteiger charge is -2.05. The summed E-state index contributed by atoms with van der Waals surface area (Å²) in [5.74, 6) is 0.876. The monoisotopic (exact) mass is 277 g/mol. The van der Waals surface area contributed by atoms with Crippen molar-refractivity contribution in [2.24, 2.45) is 0 Å². The zero-order valence-electron chi connectivity index (χ0n) is 11.4. The average molecular weight is 277 g/mol. The first-order chi connectivity index (χ1) is 10.4. The number of aromatic nitrogens is 4. The predicted octanol–water partition coefficient (Wildman–Crippen LogP) is 3.09. The van der Waals surface area contributed by atoms with Crippen molar-refractivity contribution >= 4 is 27.8 Å². The summed E-state index contributed by atoms with van der Waals surface area (Å²) in [5, 5.41) is 5.70. The summed E-state index contributed by atoms with van der Waals surface area (Å²) in [6.07, 6.45) is 6.48. The van der Waals surface area contributed by atoms with Gasteiger partial charge in [-0.2, -0.15) is 0 Å². The Labute approximate surface area is 121 Å². The molecular weight excluding hydrogens is 262 g/mol. The normalized spacial score (nSPS) is 11.2. The summed E-state index contributed by atoms with van der Waals surface area (Å²) in [6.45, 7) is 0.832. The van der Waals surface area contributed by atoms with Crippen molar-refractivity contribution in [1.82, 2.24) is 19.9 Å². The summed E-state index contributed by atoms with van der Waals surface area (Å²) in [5.41, 5.74) is 3.36. The van der Waals surface area contributed by atoms with Gasteiger partial charge < -0.3 is 15.3 Å². The van der Waals surface area contributed by atoms with Crippen molar-refractivity contribution in [3.63, 3.8) is 0 Å². The highest BCUT2D eigenvalue weighted by Gasteiger charge is 2.05. The Morgan fingerprint density at radius 1 is 1.00 bits per heavy atom. The molecule has 5 nitrogen and oxygen atoms in total. The largest absolute Gasteiger partial charge is 0.369 e. The molecule has 0 aliphatic carbocycles. The van der Waals surface area contributed by atoms with Crippen LogP contribution in [0.2, 0.25) is 0 Å². The maximum Gasteiger partial charge on any atom is 0.142 e. The molecule has 0 spiro atoms. The van der Waals surface area contributed by atoms with E-state index in [-0.39, 0.29) is 0 Å². The van der Waals surface area contributed by atoms with Crippen molar-refractivity contribution in [2.45, 2.75) is 6.42 Å². The molecule has 5 heteroatoms. The molecule has 0 saturated carbocycles. The van der Waals surface area contributed by atoms with Crippen LogP contribution < -0.4 is 5.32 Å². The van der Waals surface area contributed by atoms with E-state index in [0.717, 1.165) is 29.8 Å². The number of benzene rings is 1. The fraction of sp³-hybridized carbons (Fsp3) is 0.125. The first-order valence-corrected chi connectivity index (χ1v) is 6.99. The maximum absolute atomic E-state index is 4.31. The standard InChI is InChI=1S/C16H15N5/c1-2-4-14-12(3-1)11(9-19-14)5-7-17-15-13-6-8-18-16(13)21-10-20-15/h1-4,6,8-10,19H,5,7H2,(H2,17,18,20,21). The average Bonchev–Trinajstić information content (AvgIpc) is 3.15. The smallest absolute Gasteiger partial charge is 0.142 e. The van der Waals surface area contributed by atoms with Crippen LogP contribution in [0.4, 0.5) is 5.82 Å². The Kier molecular flexibility index (Phi) is 2.81. The topological polar surface area (TPSA) is 69.4 Å². The summed E-state index contributed by atoms with van der Waals surface area (Å²) in [4.78, 5) is 14.9. The van der Waals surface area contributed by atoms with Gasteiger partial charge in [-0.05, 0) is 24.1 Å². The van der Waals surface area contributed by atoms with Gasteiger partial charge in [0.2, 0.25) is 0 Å². The highest BCUT2D eigenvalue weighted by atomic mass is 15.0. The Balaban J connectivity index is 1.51. The Morgan fingerprint density at radius 3 is 2.95 bits per heavy atom. The minimum Gasteiger partial charge on any atom is -0.369 e. The Hall–Kier alpha value is -2.82. The van der Waals surface area contributed by atoms with E-state index < -0.39 is 0 Å². The minimum absolute atomic E-state index is 0.832. The zero-order chi connectivity index (χ0) is 14.1. The molecule has 0 amide bonds. The third-order valence-electron chi connectivity index (χ3n) is 3.72. The summed E-state index contributed by atoms with van der Waals surface area (Å²) >= 11 is 0. The minimum atomic E-state index is 0.832. The van der Waals surface area contributed by atoms with Crippen molar-refractivity contribution in [3.8, 4) is 0 Å². The molecule has 0 aliphatic heterocycles. The van der Waals surface area contributed by atoms with Crippen LogP contribution in [0, 0.1) is 0 Å². The molecule has 104 valence electrons. The molecule has 21 heavy (non-hydrogen) atoms. The van der Waals surface area contributed by atoms with Crippen LogP contribution in [0.3, 0.4) is 0 Å². The Bertz CT molecular complexity index is 890. The van der Waals surface area contributed by atoms with Crippen molar-refractivity contribution in [1.29, 1.82) is 0 Å². The highest BCUT2D eigenvalue weighted by Crippen LogP contribution is 2.20. The number of fused-ring (bicyclic) bond motifs is 2. The van der Waals surface area contributed by atoms with Gasteiger partial charge in [-0.25, -0.2) is 9.97 Å². The van der Waals surface area contributed by atoms with Crippen LogP contribution in [0.15, 0.2) is 49.1 Å². The van der Waals surface area contributed by atoms with Gasteiger partial charge in [0.25, 0.3) is 0 Å². The van der Waals surface area contributed by atoms with Gasteiger partial charge >= 0.3 is 0 Å². The molecule has 0 bridgehead atoms. The van der Waals surface area contributed by atoms with Crippen LogP contribution in [0.25, 0.3) is 21.9 Å². The second-order valence-corrected chi connectivity index (χ2v) is 5.00. The second kappa shape index (κ2) is 4.94. The van der Waals surface area contributed by atoms with Gasteiger partial charge in [-0.3, -0.25) is 0 Å². The molecule has 3 aromatic heterocycles. The summed E-state index contributed by atoms with van der Waals surface area (Å²) < 4.78 is 0. The fourth-order valence-corrected chi connectivity index (χ4v) is 2.67. The van der Waals surface area contributed by atoms with E-state index in [4.69, 9.17) is 0 Å². The molecule has 0 fully saturated rings. The lowest BCUT2D eigenvalue weighted by Crippen LogP contribution is -2.06. The third-order valence-corrected chi connectivity index (χ3v) is 3.72. The molecule has 0 radical (unpaired) electrons. The van der Waals surface area contributed by atoms with Crippen LogP contribution in [-0.2, 0) is 6.42 Å². The maximum atomic E-state index is 4.31. The van der Waals surface area contributed by atoms with E-state index in [0.29, 0.717) is 0 Å². The third kappa shape index (κ3) is 2.12. The van der Waals surface area contributed by atoms with Crippen molar-refractivity contribution in [3.05, 3.63) is 54.6 Å². The number of rotatable bonds is 4. The number of H-pyrrole nitrogens is 2. The van der Waals surface area contributed by atoms with Crippen LogP contribution >= 0.6 is 0 Å². The van der Waals surface area contributed by atoms with Gasteiger partial charge in [0, 0.05) is 29.8 Å². The number of aromatic amines is 2. The molecule has 0 aliphatic rings. The first-order valence-electron chi connectivity index (χ1n) is 6.99. The number of nitrogens with one attached hydrogen (secondary N) is 3. The molecular formula is C16H15N5. The van der Waals surface area contributed by atoms with Crippen LogP contribution in [0.5, 0.6) is 0 Å². The van der Waals surface area contributed by atoms with E-state index in [9.17, 15) is 0 Å². The zero-order valence-corrected chi connectivity index (χ0v) is 11.4. The molecule has 3 N–H and O–H groups in total. The summed E-state index contributed by atoms with van der Waals surface area (Å²) in [7, 11) is 0. The highest BCUT2D eigenvalue weighted by molar-refractivity contribution is 5.86. The van der Waals surface area contributed by atoms with Gasteiger partial charge in [-0.1, -0.05) is 18.2 Å². The molecule has 0 saturated heterocycles.